The van der Waals surface area contributed by atoms with Crippen LogP contribution in [0.5, 0.6) is 0 Å². The molecular formula is C15H20O3S. The van der Waals surface area contributed by atoms with Gasteiger partial charge in [0.1, 0.15) is 6.10 Å². The lowest BCUT2D eigenvalue weighted by atomic mass is 9.96. The summed E-state index contributed by atoms with van der Waals surface area (Å²) >= 11 is 1.79. The Labute approximate surface area is 118 Å². The largest absolute Gasteiger partial charge is 0.460 e. The molecule has 104 valence electrons. The quantitative estimate of drug-likeness (QED) is 0.796. The highest BCUT2D eigenvalue weighted by molar-refractivity contribution is 8.00. The molecule has 19 heavy (non-hydrogen) atoms. The van der Waals surface area contributed by atoms with Gasteiger partial charge >= 0.3 is 5.97 Å². The molecule has 1 aromatic rings. The maximum absolute atomic E-state index is 11.1. The molecule has 0 N–H and O–H groups in total. The molecule has 4 heteroatoms. The zero-order valence-electron chi connectivity index (χ0n) is 11.6. The van der Waals surface area contributed by atoms with Crippen LogP contribution in [0.1, 0.15) is 27.2 Å². The van der Waals surface area contributed by atoms with Gasteiger partial charge in [-0.05, 0) is 26.0 Å². The standard InChI is InChI=1S/C15H20O3S/c1-11(16)18-12-9-14(15(2,3)17-10-12)19-13-7-5-4-6-8-13/h4-8,12,14H,9-10H2,1-3H3/t12-,14-/m0/s1. The van der Waals surface area contributed by atoms with Gasteiger partial charge < -0.3 is 9.47 Å². The number of esters is 1. The molecule has 1 aromatic carbocycles. The third kappa shape index (κ3) is 3.98. The summed E-state index contributed by atoms with van der Waals surface area (Å²) in [6.07, 6.45) is 0.693. The molecule has 0 saturated carbocycles. The average Bonchev–Trinajstić information content (AvgIpc) is 2.34. The van der Waals surface area contributed by atoms with Crippen LogP contribution >= 0.6 is 11.8 Å². The number of carbonyl (C=O) groups is 1. The van der Waals surface area contributed by atoms with E-state index in [-0.39, 0.29) is 22.9 Å². The van der Waals surface area contributed by atoms with Gasteiger partial charge in [-0.1, -0.05) is 18.2 Å². The van der Waals surface area contributed by atoms with E-state index in [0.717, 1.165) is 6.42 Å². The Morgan fingerprint density at radius 1 is 1.37 bits per heavy atom. The molecule has 0 amide bonds. The van der Waals surface area contributed by atoms with E-state index in [2.05, 4.69) is 26.0 Å². The Kier molecular flexibility index (Phi) is 4.53. The summed E-state index contributed by atoms with van der Waals surface area (Å²) in [6, 6.07) is 10.3. The maximum Gasteiger partial charge on any atom is 0.302 e. The van der Waals surface area contributed by atoms with Crippen LogP contribution in [0, 0.1) is 0 Å². The molecular weight excluding hydrogens is 260 g/mol. The first kappa shape index (κ1) is 14.4. The summed E-state index contributed by atoms with van der Waals surface area (Å²) in [4.78, 5) is 12.3. The molecule has 2 atom stereocenters. The molecule has 1 fully saturated rings. The van der Waals surface area contributed by atoms with Crippen LogP contribution < -0.4 is 0 Å². The fourth-order valence-corrected chi connectivity index (χ4v) is 3.47. The van der Waals surface area contributed by atoms with Crippen molar-refractivity contribution in [3.63, 3.8) is 0 Å². The van der Waals surface area contributed by atoms with Crippen molar-refractivity contribution in [2.45, 2.75) is 49.0 Å². The minimum Gasteiger partial charge on any atom is -0.460 e. The smallest absolute Gasteiger partial charge is 0.302 e. The highest BCUT2D eigenvalue weighted by Crippen LogP contribution is 2.38. The number of rotatable bonds is 3. The van der Waals surface area contributed by atoms with Crippen LogP contribution in [0.2, 0.25) is 0 Å². The summed E-state index contributed by atoms with van der Waals surface area (Å²) in [6.45, 7) is 6.12. The second kappa shape index (κ2) is 5.97. The van der Waals surface area contributed by atoms with Crippen molar-refractivity contribution in [3.8, 4) is 0 Å². The van der Waals surface area contributed by atoms with Gasteiger partial charge in [-0.2, -0.15) is 0 Å². The Morgan fingerprint density at radius 3 is 2.68 bits per heavy atom. The van der Waals surface area contributed by atoms with E-state index >= 15 is 0 Å². The van der Waals surface area contributed by atoms with E-state index in [1.807, 2.05) is 18.2 Å². The highest BCUT2D eigenvalue weighted by Gasteiger charge is 2.39. The van der Waals surface area contributed by atoms with Crippen LogP contribution in [0.3, 0.4) is 0 Å². The zero-order chi connectivity index (χ0) is 13.9. The summed E-state index contributed by atoms with van der Waals surface area (Å²) in [7, 11) is 0. The number of ether oxygens (including phenoxy) is 2. The third-order valence-electron chi connectivity index (χ3n) is 3.25. The van der Waals surface area contributed by atoms with E-state index in [1.165, 1.54) is 11.8 Å². The molecule has 1 aliphatic rings. The normalized spacial score (nSPS) is 25.8. The van der Waals surface area contributed by atoms with Crippen molar-refractivity contribution in [2.75, 3.05) is 6.61 Å². The van der Waals surface area contributed by atoms with E-state index in [9.17, 15) is 4.79 Å². The summed E-state index contributed by atoms with van der Waals surface area (Å²) in [5.41, 5.74) is -0.211. The molecule has 1 saturated heterocycles. The molecule has 0 bridgehead atoms. The predicted octanol–water partition coefficient (Wildman–Crippen LogP) is 3.28. The predicted molar refractivity (Wildman–Crippen MR) is 76.3 cm³/mol. The lowest BCUT2D eigenvalue weighted by molar-refractivity contribution is -0.161. The van der Waals surface area contributed by atoms with E-state index in [0.29, 0.717) is 6.61 Å². The van der Waals surface area contributed by atoms with Crippen molar-refractivity contribution in [2.24, 2.45) is 0 Å². The summed E-state index contributed by atoms with van der Waals surface area (Å²) < 4.78 is 11.1. The van der Waals surface area contributed by atoms with E-state index in [1.54, 1.807) is 11.8 Å². The third-order valence-corrected chi connectivity index (χ3v) is 4.84. The zero-order valence-corrected chi connectivity index (χ0v) is 12.4. The Hall–Kier alpha value is -1.00. The van der Waals surface area contributed by atoms with Gasteiger partial charge in [-0.25, -0.2) is 0 Å². The first-order valence-corrected chi connectivity index (χ1v) is 7.38. The number of benzene rings is 1. The van der Waals surface area contributed by atoms with Crippen LogP contribution in [0.4, 0.5) is 0 Å². The Balaban J connectivity index is 2.04. The topological polar surface area (TPSA) is 35.5 Å². The summed E-state index contributed by atoms with van der Waals surface area (Å²) in [5.74, 6) is -0.239. The lowest BCUT2D eigenvalue weighted by Crippen LogP contribution is -2.47. The molecule has 1 heterocycles. The number of hydrogen-bond acceptors (Lipinski definition) is 4. The second-order valence-electron chi connectivity index (χ2n) is 5.30. The van der Waals surface area contributed by atoms with E-state index in [4.69, 9.17) is 9.47 Å². The van der Waals surface area contributed by atoms with Crippen molar-refractivity contribution >= 4 is 17.7 Å². The number of thioether (sulfide) groups is 1. The molecule has 2 rings (SSSR count). The summed E-state index contributed by atoms with van der Waals surface area (Å²) in [5, 5.41) is 0.271. The van der Waals surface area contributed by atoms with Gasteiger partial charge in [0.05, 0.1) is 12.2 Å². The molecule has 0 radical (unpaired) electrons. The molecule has 3 nitrogen and oxygen atoms in total. The molecule has 0 spiro atoms. The van der Waals surface area contributed by atoms with Gasteiger partial charge in [0.25, 0.3) is 0 Å². The lowest BCUT2D eigenvalue weighted by Gasteiger charge is -2.41. The van der Waals surface area contributed by atoms with Gasteiger partial charge in [-0.3, -0.25) is 4.79 Å². The molecule has 0 aliphatic carbocycles. The minimum absolute atomic E-state index is 0.133. The van der Waals surface area contributed by atoms with Crippen LogP contribution in [0.25, 0.3) is 0 Å². The van der Waals surface area contributed by atoms with Crippen molar-refractivity contribution < 1.29 is 14.3 Å². The molecule has 0 unspecified atom stereocenters. The minimum atomic E-state index is -0.239. The highest BCUT2D eigenvalue weighted by atomic mass is 32.2. The van der Waals surface area contributed by atoms with Crippen molar-refractivity contribution in [1.82, 2.24) is 0 Å². The fourth-order valence-electron chi connectivity index (χ4n) is 2.16. The van der Waals surface area contributed by atoms with Crippen LogP contribution in [-0.4, -0.2) is 29.5 Å². The van der Waals surface area contributed by atoms with Crippen molar-refractivity contribution in [3.05, 3.63) is 30.3 Å². The van der Waals surface area contributed by atoms with Crippen LogP contribution in [0.15, 0.2) is 35.2 Å². The first-order chi connectivity index (χ1) is 8.97. The van der Waals surface area contributed by atoms with Crippen LogP contribution in [-0.2, 0) is 14.3 Å². The SMILES string of the molecule is CC(=O)O[C@@H]1COC(C)(C)[C@@H](Sc2ccccc2)C1. The molecule has 0 aromatic heterocycles. The first-order valence-electron chi connectivity index (χ1n) is 6.50. The van der Waals surface area contributed by atoms with Gasteiger partial charge in [0, 0.05) is 23.5 Å². The average molecular weight is 280 g/mol. The fraction of sp³-hybridized carbons (Fsp3) is 0.533. The van der Waals surface area contributed by atoms with Gasteiger partial charge in [-0.15, -0.1) is 11.8 Å². The number of hydrogen-bond donors (Lipinski definition) is 0. The second-order valence-corrected chi connectivity index (χ2v) is 6.58. The Morgan fingerprint density at radius 2 is 2.05 bits per heavy atom. The van der Waals surface area contributed by atoms with Gasteiger partial charge in [0.2, 0.25) is 0 Å². The number of carbonyl (C=O) groups excluding carboxylic acids is 1. The molecule has 1 aliphatic heterocycles. The van der Waals surface area contributed by atoms with E-state index < -0.39 is 0 Å². The van der Waals surface area contributed by atoms with Gasteiger partial charge in [0.15, 0.2) is 0 Å². The maximum atomic E-state index is 11.1. The van der Waals surface area contributed by atoms with Crippen molar-refractivity contribution in [1.29, 1.82) is 0 Å². The monoisotopic (exact) mass is 280 g/mol. The Bertz CT molecular complexity index is 430.